The SMILES string of the molecule is O=C([C@@H]1C[C@H]1c1ccc(F)cc1)N1CCC[C@H]1c1ccccc1. The van der Waals surface area contributed by atoms with Crippen molar-refractivity contribution < 1.29 is 9.18 Å². The van der Waals surface area contributed by atoms with E-state index in [4.69, 9.17) is 0 Å². The second kappa shape index (κ2) is 5.80. The molecule has 1 saturated carbocycles. The number of carbonyl (C=O) groups is 1. The van der Waals surface area contributed by atoms with E-state index < -0.39 is 0 Å². The zero-order valence-corrected chi connectivity index (χ0v) is 13.0. The Kier molecular flexibility index (Phi) is 3.64. The number of halogens is 1. The lowest BCUT2D eigenvalue weighted by molar-refractivity contribution is -0.133. The van der Waals surface area contributed by atoms with Gasteiger partial charge in [-0.2, -0.15) is 0 Å². The number of carbonyl (C=O) groups excluding carboxylic acids is 1. The number of hydrogen-bond donors (Lipinski definition) is 0. The van der Waals surface area contributed by atoms with Gasteiger partial charge in [0.05, 0.1) is 6.04 Å². The zero-order chi connectivity index (χ0) is 15.8. The van der Waals surface area contributed by atoms with Crippen LogP contribution >= 0.6 is 0 Å². The highest BCUT2D eigenvalue weighted by atomic mass is 19.1. The average molecular weight is 309 g/mol. The van der Waals surface area contributed by atoms with Gasteiger partial charge in [-0.25, -0.2) is 4.39 Å². The summed E-state index contributed by atoms with van der Waals surface area (Å²) in [5, 5.41) is 0. The Balaban J connectivity index is 1.48. The van der Waals surface area contributed by atoms with Crippen LogP contribution in [0.25, 0.3) is 0 Å². The lowest BCUT2D eigenvalue weighted by atomic mass is 10.0. The molecule has 0 radical (unpaired) electrons. The van der Waals surface area contributed by atoms with E-state index >= 15 is 0 Å². The molecule has 23 heavy (non-hydrogen) atoms. The fourth-order valence-electron chi connectivity index (χ4n) is 3.81. The summed E-state index contributed by atoms with van der Waals surface area (Å²) in [7, 11) is 0. The molecule has 0 unspecified atom stereocenters. The van der Waals surface area contributed by atoms with Crippen LogP contribution in [0.4, 0.5) is 4.39 Å². The van der Waals surface area contributed by atoms with Crippen molar-refractivity contribution in [1.29, 1.82) is 0 Å². The Hall–Kier alpha value is -2.16. The summed E-state index contributed by atoms with van der Waals surface area (Å²) in [5.41, 5.74) is 2.32. The molecule has 0 aromatic heterocycles. The first-order chi connectivity index (χ1) is 11.2. The third-order valence-electron chi connectivity index (χ3n) is 5.13. The molecule has 0 bridgehead atoms. The van der Waals surface area contributed by atoms with Gasteiger partial charge in [0.2, 0.25) is 5.91 Å². The van der Waals surface area contributed by atoms with Gasteiger partial charge in [-0.05, 0) is 48.4 Å². The lowest BCUT2D eigenvalue weighted by Gasteiger charge is -2.25. The minimum Gasteiger partial charge on any atom is -0.335 e. The highest BCUT2D eigenvalue weighted by Crippen LogP contribution is 2.50. The molecule has 3 atom stereocenters. The molecule has 1 saturated heterocycles. The van der Waals surface area contributed by atoms with Crippen LogP contribution in [-0.4, -0.2) is 17.4 Å². The van der Waals surface area contributed by atoms with Crippen LogP contribution in [0.3, 0.4) is 0 Å². The van der Waals surface area contributed by atoms with Gasteiger partial charge in [0.15, 0.2) is 0 Å². The normalized spacial score (nSPS) is 26.3. The maximum atomic E-state index is 13.0. The highest BCUT2D eigenvalue weighted by molar-refractivity contribution is 5.83. The first-order valence-corrected chi connectivity index (χ1v) is 8.35. The molecule has 2 aromatic rings. The number of hydrogen-bond acceptors (Lipinski definition) is 1. The van der Waals surface area contributed by atoms with Gasteiger partial charge in [0.1, 0.15) is 5.82 Å². The van der Waals surface area contributed by atoms with Crippen LogP contribution < -0.4 is 0 Å². The summed E-state index contributed by atoms with van der Waals surface area (Å²) in [5.74, 6) is 0.386. The van der Waals surface area contributed by atoms with Gasteiger partial charge in [0.25, 0.3) is 0 Å². The second-order valence-corrected chi connectivity index (χ2v) is 6.60. The van der Waals surface area contributed by atoms with Crippen LogP contribution in [0, 0.1) is 11.7 Å². The smallest absolute Gasteiger partial charge is 0.226 e. The molecule has 2 aliphatic rings. The van der Waals surface area contributed by atoms with Crippen molar-refractivity contribution in [2.75, 3.05) is 6.54 Å². The van der Waals surface area contributed by atoms with Crippen LogP contribution in [0.2, 0.25) is 0 Å². The quantitative estimate of drug-likeness (QED) is 0.828. The monoisotopic (exact) mass is 309 g/mol. The molecule has 1 amide bonds. The molecule has 3 heteroatoms. The highest BCUT2D eigenvalue weighted by Gasteiger charge is 2.47. The van der Waals surface area contributed by atoms with Gasteiger partial charge < -0.3 is 4.90 Å². The minimum absolute atomic E-state index is 0.0739. The summed E-state index contributed by atoms with van der Waals surface area (Å²) in [6.07, 6.45) is 3.01. The summed E-state index contributed by atoms with van der Waals surface area (Å²) < 4.78 is 13.0. The number of rotatable bonds is 3. The van der Waals surface area contributed by atoms with Gasteiger partial charge in [-0.15, -0.1) is 0 Å². The maximum absolute atomic E-state index is 13.0. The predicted molar refractivity (Wildman–Crippen MR) is 87.4 cm³/mol. The summed E-state index contributed by atoms with van der Waals surface area (Å²) in [6, 6.07) is 17.1. The Morgan fingerprint density at radius 1 is 1.00 bits per heavy atom. The molecule has 2 aromatic carbocycles. The fourth-order valence-corrected chi connectivity index (χ4v) is 3.81. The standard InChI is InChI=1S/C20H20FNO/c21-16-10-8-14(9-11-16)17-13-18(17)20(23)22-12-4-7-19(22)15-5-2-1-3-6-15/h1-3,5-6,8-11,17-19H,4,7,12-13H2/t17-,18+,19-/m0/s1. The topological polar surface area (TPSA) is 20.3 Å². The van der Waals surface area contributed by atoms with Crippen molar-refractivity contribution in [2.24, 2.45) is 5.92 Å². The van der Waals surface area contributed by atoms with E-state index in [1.165, 1.54) is 17.7 Å². The van der Waals surface area contributed by atoms with E-state index in [1.54, 1.807) is 0 Å². The Labute approximate surface area is 135 Å². The van der Waals surface area contributed by atoms with Crippen molar-refractivity contribution in [2.45, 2.75) is 31.2 Å². The molecular formula is C20H20FNO. The number of amides is 1. The molecule has 2 fully saturated rings. The van der Waals surface area contributed by atoms with Crippen LogP contribution in [0.1, 0.15) is 42.3 Å². The minimum atomic E-state index is -0.221. The van der Waals surface area contributed by atoms with Crippen molar-refractivity contribution in [1.82, 2.24) is 4.90 Å². The molecule has 4 rings (SSSR count). The van der Waals surface area contributed by atoms with Gasteiger partial charge in [-0.1, -0.05) is 42.5 Å². The summed E-state index contributed by atoms with van der Waals surface area (Å²) in [4.78, 5) is 15.0. The maximum Gasteiger partial charge on any atom is 0.226 e. The van der Waals surface area contributed by atoms with Crippen LogP contribution in [0.5, 0.6) is 0 Å². The second-order valence-electron chi connectivity index (χ2n) is 6.60. The molecule has 2 nitrogen and oxygen atoms in total. The fraction of sp³-hybridized carbons (Fsp3) is 0.350. The van der Waals surface area contributed by atoms with E-state index in [-0.39, 0.29) is 29.6 Å². The molecule has 1 aliphatic heterocycles. The third kappa shape index (κ3) is 2.76. The zero-order valence-electron chi connectivity index (χ0n) is 13.0. The van der Waals surface area contributed by atoms with E-state index in [0.717, 1.165) is 31.4 Å². The Morgan fingerprint density at radius 2 is 1.74 bits per heavy atom. The van der Waals surface area contributed by atoms with Crippen molar-refractivity contribution in [3.05, 3.63) is 71.5 Å². The largest absolute Gasteiger partial charge is 0.335 e. The first-order valence-electron chi connectivity index (χ1n) is 8.35. The summed E-state index contributed by atoms with van der Waals surface area (Å²) in [6.45, 7) is 0.852. The number of likely N-dealkylation sites (tertiary alicyclic amines) is 1. The Bertz CT molecular complexity index is 697. The lowest BCUT2D eigenvalue weighted by Crippen LogP contribution is -2.32. The van der Waals surface area contributed by atoms with Crippen LogP contribution in [0.15, 0.2) is 54.6 Å². The van der Waals surface area contributed by atoms with Crippen LogP contribution in [-0.2, 0) is 4.79 Å². The number of nitrogens with zero attached hydrogens (tertiary/aromatic N) is 1. The Morgan fingerprint density at radius 3 is 2.48 bits per heavy atom. The van der Waals surface area contributed by atoms with Gasteiger partial charge in [-0.3, -0.25) is 4.79 Å². The predicted octanol–water partition coefficient (Wildman–Crippen LogP) is 4.29. The average Bonchev–Trinajstić information content (AvgIpc) is 3.23. The first kappa shape index (κ1) is 14.4. The molecule has 0 N–H and O–H groups in total. The van der Waals surface area contributed by atoms with E-state index in [2.05, 4.69) is 17.0 Å². The summed E-state index contributed by atoms with van der Waals surface area (Å²) >= 11 is 0. The van der Waals surface area contributed by atoms with Gasteiger partial charge in [0, 0.05) is 12.5 Å². The van der Waals surface area contributed by atoms with E-state index in [1.807, 2.05) is 30.3 Å². The molecule has 0 spiro atoms. The van der Waals surface area contributed by atoms with E-state index in [9.17, 15) is 9.18 Å². The van der Waals surface area contributed by atoms with Crippen molar-refractivity contribution in [3.8, 4) is 0 Å². The number of benzene rings is 2. The molecule has 1 heterocycles. The molecular weight excluding hydrogens is 289 g/mol. The molecule has 1 aliphatic carbocycles. The third-order valence-corrected chi connectivity index (χ3v) is 5.13. The van der Waals surface area contributed by atoms with E-state index in [0.29, 0.717) is 0 Å². The van der Waals surface area contributed by atoms with Gasteiger partial charge >= 0.3 is 0 Å². The van der Waals surface area contributed by atoms with Crippen molar-refractivity contribution >= 4 is 5.91 Å². The van der Waals surface area contributed by atoms with Crippen molar-refractivity contribution in [3.63, 3.8) is 0 Å². The molecule has 118 valence electrons.